The molecule has 4 heterocycles. The van der Waals surface area contributed by atoms with Crippen LogP contribution in [-0.4, -0.2) is 56.7 Å². The molecule has 0 aromatic carbocycles. The summed E-state index contributed by atoms with van der Waals surface area (Å²) in [6, 6.07) is 1.66. The summed E-state index contributed by atoms with van der Waals surface area (Å²) >= 11 is 0. The smallest absolute Gasteiger partial charge is 0.261 e. The van der Waals surface area contributed by atoms with Crippen LogP contribution in [0.2, 0.25) is 0 Å². The molecule has 35 heavy (non-hydrogen) atoms. The Morgan fingerprint density at radius 3 is 2.40 bits per heavy atom. The number of hydrogen-bond acceptors (Lipinski definition) is 7. The lowest BCUT2D eigenvalue weighted by Gasteiger charge is -2.26. The molecule has 184 valence electrons. The van der Waals surface area contributed by atoms with Gasteiger partial charge in [0.1, 0.15) is 17.8 Å². The van der Waals surface area contributed by atoms with Crippen LogP contribution in [0.25, 0.3) is 11.1 Å². The standard InChI is InChI=1S/C24H25F2N5O3S/c1-14-17(8-18(10-27-14)19-11-28-16(3)29-12-19)4-6-23(32)22-9-21(26)15(2)31(22)35(33,34)24-7-5-20(25)13-30-24/h5,7-8,10-13,15,21-22H,4,6,9H2,1-3H3/t15-,21+,22-/m0/s1. The van der Waals surface area contributed by atoms with Crippen LogP contribution in [0.3, 0.4) is 0 Å². The molecule has 1 aliphatic heterocycles. The first-order chi connectivity index (χ1) is 16.6. The predicted molar refractivity (Wildman–Crippen MR) is 124 cm³/mol. The first-order valence-electron chi connectivity index (χ1n) is 11.1. The fraction of sp³-hybridized carbons (Fsp3) is 0.375. The average molecular weight is 502 g/mol. The molecular weight excluding hydrogens is 476 g/mol. The molecule has 0 saturated carbocycles. The van der Waals surface area contributed by atoms with Gasteiger partial charge in [0, 0.05) is 48.3 Å². The van der Waals surface area contributed by atoms with Gasteiger partial charge in [-0.25, -0.2) is 32.2 Å². The van der Waals surface area contributed by atoms with E-state index in [1.807, 2.05) is 13.0 Å². The minimum absolute atomic E-state index is 0.00332. The average Bonchev–Trinajstić information content (AvgIpc) is 3.14. The Balaban J connectivity index is 1.54. The normalized spacial score (nSPS) is 20.8. The van der Waals surface area contributed by atoms with Crippen molar-refractivity contribution < 1.29 is 22.0 Å². The maximum Gasteiger partial charge on any atom is 0.261 e. The van der Waals surface area contributed by atoms with E-state index in [9.17, 15) is 22.0 Å². The van der Waals surface area contributed by atoms with Crippen molar-refractivity contribution in [2.45, 2.75) is 63.3 Å². The number of alkyl halides is 1. The number of rotatable bonds is 7. The molecule has 1 fully saturated rings. The summed E-state index contributed by atoms with van der Waals surface area (Å²) in [7, 11) is -4.30. The Morgan fingerprint density at radius 1 is 1.06 bits per heavy atom. The highest BCUT2D eigenvalue weighted by molar-refractivity contribution is 7.89. The summed E-state index contributed by atoms with van der Waals surface area (Å²) in [5.74, 6) is -0.448. The Morgan fingerprint density at radius 2 is 1.74 bits per heavy atom. The van der Waals surface area contributed by atoms with Crippen molar-refractivity contribution in [2.75, 3.05) is 0 Å². The number of halogens is 2. The molecule has 1 saturated heterocycles. The molecular formula is C24H25F2N5O3S. The van der Waals surface area contributed by atoms with Crippen LogP contribution in [0.5, 0.6) is 0 Å². The maximum absolute atomic E-state index is 14.6. The molecule has 0 amide bonds. The van der Waals surface area contributed by atoms with E-state index >= 15 is 0 Å². The Bertz CT molecular complexity index is 1330. The minimum atomic E-state index is -4.30. The van der Waals surface area contributed by atoms with Gasteiger partial charge in [-0.1, -0.05) is 0 Å². The number of Topliss-reactive ketones (excluding diaryl/α,β-unsaturated/α-hetero) is 1. The lowest BCUT2D eigenvalue weighted by Crippen LogP contribution is -2.45. The predicted octanol–water partition coefficient (Wildman–Crippen LogP) is 3.38. The molecule has 11 heteroatoms. The van der Waals surface area contributed by atoms with E-state index in [1.54, 1.807) is 25.5 Å². The number of carbonyl (C=O) groups is 1. The summed E-state index contributed by atoms with van der Waals surface area (Å²) in [5, 5.41) is -0.425. The molecule has 3 aromatic rings. The topological polar surface area (TPSA) is 106 Å². The third-order valence-electron chi connectivity index (χ3n) is 6.24. The summed E-state index contributed by atoms with van der Waals surface area (Å²) in [6.07, 6.45) is 4.43. The zero-order valence-corrected chi connectivity index (χ0v) is 20.3. The zero-order valence-electron chi connectivity index (χ0n) is 19.5. The van der Waals surface area contributed by atoms with Crippen molar-refractivity contribution in [1.82, 2.24) is 24.2 Å². The highest BCUT2D eigenvalue weighted by Crippen LogP contribution is 2.34. The second-order valence-corrected chi connectivity index (χ2v) is 10.4. The molecule has 0 radical (unpaired) electrons. The SMILES string of the molecule is Cc1ncc(-c2cnc(C)c(CCC(=O)[C@@H]3C[C@@H](F)[C@H](C)N3S(=O)(=O)c3ccc(F)cn3)c2)cn1. The number of carbonyl (C=O) groups excluding carboxylic acids is 1. The second-order valence-electron chi connectivity index (χ2n) is 8.61. The van der Waals surface area contributed by atoms with Crippen molar-refractivity contribution in [3.8, 4) is 11.1 Å². The van der Waals surface area contributed by atoms with Crippen LogP contribution in [0.4, 0.5) is 8.78 Å². The Labute approximate surface area is 202 Å². The zero-order chi connectivity index (χ0) is 25.3. The van der Waals surface area contributed by atoms with Crippen molar-refractivity contribution in [2.24, 2.45) is 0 Å². The van der Waals surface area contributed by atoms with Gasteiger partial charge in [0.25, 0.3) is 10.0 Å². The van der Waals surface area contributed by atoms with E-state index in [1.165, 1.54) is 6.92 Å². The molecule has 8 nitrogen and oxygen atoms in total. The summed E-state index contributed by atoms with van der Waals surface area (Å²) < 4.78 is 55.1. The Hall–Kier alpha value is -3.18. The number of nitrogens with zero attached hydrogens (tertiary/aromatic N) is 5. The van der Waals surface area contributed by atoms with Gasteiger partial charge in [0.15, 0.2) is 10.8 Å². The fourth-order valence-corrected chi connectivity index (χ4v) is 5.95. The summed E-state index contributed by atoms with van der Waals surface area (Å²) in [6.45, 7) is 5.03. The quantitative estimate of drug-likeness (QED) is 0.489. The van der Waals surface area contributed by atoms with Crippen LogP contribution >= 0.6 is 0 Å². The van der Waals surface area contributed by atoms with Crippen molar-refractivity contribution >= 4 is 15.8 Å². The minimum Gasteiger partial charge on any atom is -0.298 e. The van der Waals surface area contributed by atoms with Gasteiger partial charge >= 0.3 is 0 Å². The fourth-order valence-electron chi connectivity index (χ4n) is 4.20. The molecule has 0 spiro atoms. The van der Waals surface area contributed by atoms with Gasteiger partial charge < -0.3 is 0 Å². The van der Waals surface area contributed by atoms with Crippen molar-refractivity contribution in [3.05, 3.63) is 65.9 Å². The summed E-state index contributed by atoms with van der Waals surface area (Å²) in [4.78, 5) is 29.6. The molecule has 3 atom stereocenters. The molecule has 0 unspecified atom stereocenters. The summed E-state index contributed by atoms with van der Waals surface area (Å²) in [5.41, 5.74) is 3.12. The van der Waals surface area contributed by atoms with Crippen LogP contribution in [-0.2, 0) is 21.2 Å². The number of hydrogen-bond donors (Lipinski definition) is 0. The molecule has 3 aromatic heterocycles. The van der Waals surface area contributed by atoms with Crippen LogP contribution in [0.15, 0.2) is 48.0 Å². The first kappa shape index (κ1) is 24.9. The largest absolute Gasteiger partial charge is 0.298 e. The van der Waals surface area contributed by atoms with E-state index in [2.05, 4.69) is 19.9 Å². The number of ketones is 1. The van der Waals surface area contributed by atoms with Gasteiger partial charge in [0.05, 0.1) is 18.3 Å². The van der Waals surface area contributed by atoms with E-state index in [-0.39, 0.29) is 12.8 Å². The second kappa shape index (κ2) is 9.82. The van der Waals surface area contributed by atoms with E-state index in [4.69, 9.17) is 0 Å². The molecule has 1 aliphatic rings. The van der Waals surface area contributed by atoms with Gasteiger partial charge in [-0.05, 0) is 51.0 Å². The number of aromatic nitrogens is 4. The number of sulfonamides is 1. The van der Waals surface area contributed by atoms with Gasteiger partial charge in [-0.3, -0.25) is 9.78 Å². The number of pyridine rings is 2. The molecule has 0 aliphatic carbocycles. The van der Waals surface area contributed by atoms with Crippen LogP contribution in [0.1, 0.15) is 36.8 Å². The van der Waals surface area contributed by atoms with Crippen molar-refractivity contribution in [3.63, 3.8) is 0 Å². The van der Waals surface area contributed by atoms with Crippen LogP contribution in [0, 0.1) is 19.7 Å². The molecule has 4 rings (SSSR count). The van der Waals surface area contributed by atoms with E-state index < -0.39 is 44.9 Å². The van der Waals surface area contributed by atoms with E-state index in [0.29, 0.717) is 12.2 Å². The monoisotopic (exact) mass is 501 g/mol. The van der Waals surface area contributed by atoms with Crippen molar-refractivity contribution in [1.29, 1.82) is 0 Å². The third-order valence-corrected chi connectivity index (χ3v) is 8.15. The third kappa shape index (κ3) is 5.10. The van der Waals surface area contributed by atoms with Gasteiger partial charge in [-0.15, -0.1) is 0 Å². The highest BCUT2D eigenvalue weighted by Gasteiger charge is 2.49. The highest BCUT2D eigenvalue weighted by atomic mass is 32.2. The lowest BCUT2D eigenvalue weighted by atomic mass is 9.99. The lowest BCUT2D eigenvalue weighted by molar-refractivity contribution is -0.122. The van der Waals surface area contributed by atoms with Gasteiger partial charge in [-0.2, -0.15) is 4.31 Å². The molecule has 0 bridgehead atoms. The maximum atomic E-state index is 14.6. The van der Waals surface area contributed by atoms with E-state index in [0.717, 1.165) is 45.0 Å². The Kier molecular flexibility index (Phi) is 7.00. The van der Waals surface area contributed by atoms with Gasteiger partial charge in [0.2, 0.25) is 0 Å². The first-order valence-corrected chi connectivity index (χ1v) is 12.6. The molecule has 0 N–H and O–H groups in total. The number of aryl methyl sites for hydroxylation is 3. The van der Waals surface area contributed by atoms with Crippen LogP contribution < -0.4 is 0 Å².